The minimum Gasteiger partial charge on any atom is -0.447 e. The summed E-state index contributed by atoms with van der Waals surface area (Å²) in [6.45, 7) is 5.32. The third-order valence-corrected chi connectivity index (χ3v) is 5.57. The zero-order valence-electron chi connectivity index (χ0n) is 12.9. The molecule has 1 amide bonds. The van der Waals surface area contributed by atoms with E-state index in [-0.39, 0.29) is 17.2 Å². The van der Waals surface area contributed by atoms with Gasteiger partial charge < -0.3 is 4.74 Å². The maximum absolute atomic E-state index is 12.1. The lowest BCUT2D eigenvalue weighted by Gasteiger charge is -2.44. The number of aromatic nitrogens is 2. The van der Waals surface area contributed by atoms with Crippen LogP contribution in [0.15, 0.2) is 22.4 Å². The van der Waals surface area contributed by atoms with E-state index >= 15 is 0 Å². The summed E-state index contributed by atoms with van der Waals surface area (Å²) in [4.78, 5) is 33.3. The smallest absolute Gasteiger partial charge is 0.410 e. The van der Waals surface area contributed by atoms with Gasteiger partial charge >= 0.3 is 6.09 Å². The number of carbonyl (C=O) groups is 1. The molecule has 1 atom stereocenters. The normalized spacial score (nSPS) is 24.9. The average molecular weight is 334 g/mol. The van der Waals surface area contributed by atoms with Gasteiger partial charge in [0.1, 0.15) is 6.61 Å². The number of amides is 1. The van der Waals surface area contributed by atoms with Crippen molar-refractivity contribution in [3.8, 4) is 0 Å². The Kier molecular flexibility index (Phi) is 3.38. The van der Waals surface area contributed by atoms with E-state index in [1.807, 2.05) is 10.3 Å². The molecule has 4 heterocycles. The molecule has 0 aromatic carbocycles. The molecule has 2 aromatic rings. The molecular weight excluding hydrogens is 316 g/mol. The van der Waals surface area contributed by atoms with Gasteiger partial charge in [-0.1, -0.05) is 6.92 Å². The van der Waals surface area contributed by atoms with Crippen LogP contribution in [0.25, 0.3) is 4.96 Å². The Morgan fingerprint density at radius 3 is 3.09 bits per heavy atom. The molecule has 0 N–H and O–H groups in total. The summed E-state index contributed by atoms with van der Waals surface area (Å²) in [5, 5.41) is 1.86. The van der Waals surface area contributed by atoms with Gasteiger partial charge in [-0.05, 0) is 6.42 Å². The highest BCUT2D eigenvalue weighted by atomic mass is 32.1. The fraction of sp³-hybridized carbons (Fsp3) is 0.533. The molecule has 1 unspecified atom stereocenters. The van der Waals surface area contributed by atoms with E-state index < -0.39 is 0 Å². The molecule has 2 aromatic heterocycles. The van der Waals surface area contributed by atoms with Crippen LogP contribution in [-0.4, -0.2) is 57.1 Å². The van der Waals surface area contributed by atoms with Crippen molar-refractivity contribution in [3.05, 3.63) is 33.7 Å². The van der Waals surface area contributed by atoms with Crippen molar-refractivity contribution in [2.24, 2.45) is 0 Å². The van der Waals surface area contributed by atoms with E-state index in [2.05, 4.69) is 16.8 Å². The monoisotopic (exact) mass is 334 g/mol. The molecule has 7 nitrogen and oxygen atoms in total. The van der Waals surface area contributed by atoms with Crippen LogP contribution in [0.5, 0.6) is 0 Å². The fourth-order valence-corrected chi connectivity index (χ4v) is 4.22. The quantitative estimate of drug-likeness (QED) is 0.843. The summed E-state index contributed by atoms with van der Waals surface area (Å²) in [6, 6.07) is 1.60. The Labute approximate surface area is 137 Å². The van der Waals surface area contributed by atoms with E-state index in [0.29, 0.717) is 19.7 Å². The molecule has 23 heavy (non-hydrogen) atoms. The third kappa shape index (κ3) is 2.33. The first kappa shape index (κ1) is 14.6. The van der Waals surface area contributed by atoms with Crippen LogP contribution in [0.4, 0.5) is 4.79 Å². The summed E-state index contributed by atoms with van der Waals surface area (Å²) in [5.74, 6) is 0. The fourth-order valence-electron chi connectivity index (χ4n) is 3.48. The number of hydrogen-bond acceptors (Lipinski definition) is 6. The maximum atomic E-state index is 12.1. The number of nitrogens with zero attached hydrogens (tertiary/aromatic N) is 4. The molecule has 122 valence electrons. The summed E-state index contributed by atoms with van der Waals surface area (Å²) < 4.78 is 6.81. The van der Waals surface area contributed by atoms with Crippen molar-refractivity contribution in [2.75, 3.05) is 26.2 Å². The van der Waals surface area contributed by atoms with Crippen molar-refractivity contribution < 1.29 is 9.53 Å². The number of piperazine rings is 1. The molecule has 0 bridgehead atoms. The zero-order valence-corrected chi connectivity index (χ0v) is 13.7. The van der Waals surface area contributed by atoms with E-state index in [1.54, 1.807) is 16.7 Å². The summed E-state index contributed by atoms with van der Waals surface area (Å²) in [7, 11) is 0. The molecule has 0 radical (unpaired) electrons. The van der Waals surface area contributed by atoms with Gasteiger partial charge in [0.05, 0.1) is 11.2 Å². The van der Waals surface area contributed by atoms with Crippen LogP contribution in [0.3, 0.4) is 0 Å². The minimum absolute atomic E-state index is 0.0468. The second-order valence-corrected chi connectivity index (χ2v) is 7.01. The molecule has 2 fully saturated rings. The second kappa shape index (κ2) is 5.31. The number of carbonyl (C=O) groups excluding carboxylic acids is 1. The first-order chi connectivity index (χ1) is 11.1. The van der Waals surface area contributed by atoms with Crippen LogP contribution in [0.2, 0.25) is 0 Å². The van der Waals surface area contributed by atoms with Gasteiger partial charge in [0.25, 0.3) is 5.56 Å². The van der Waals surface area contributed by atoms with Crippen molar-refractivity contribution in [3.63, 3.8) is 0 Å². The number of cyclic esters (lactones) is 1. The Balaban J connectivity index is 1.57. The minimum atomic E-state index is -0.239. The van der Waals surface area contributed by atoms with E-state index in [0.717, 1.165) is 30.2 Å². The molecule has 2 aliphatic heterocycles. The lowest BCUT2D eigenvalue weighted by Crippen LogP contribution is -2.60. The highest BCUT2D eigenvalue weighted by Crippen LogP contribution is 2.32. The van der Waals surface area contributed by atoms with E-state index in [1.165, 1.54) is 11.3 Å². The van der Waals surface area contributed by atoms with Crippen molar-refractivity contribution >= 4 is 22.4 Å². The van der Waals surface area contributed by atoms with E-state index in [4.69, 9.17) is 4.74 Å². The standard InChI is InChI=1S/C15H18N4O3S/c1-2-15-9-17(3-4-19(15)14(21)22-10-15)8-11-7-12(20)18-5-6-23-13(18)16-11/h5-7H,2-4,8-10H2,1H3. The molecule has 0 aliphatic carbocycles. The Morgan fingerprint density at radius 1 is 1.39 bits per heavy atom. The first-order valence-electron chi connectivity index (χ1n) is 7.74. The largest absolute Gasteiger partial charge is 0.447 e. The summed E-state index contributed by atoms with van der Waals surface area (Å²) in [5.41, 5.74) is 0.495. The van der Waals surface area contributed by atoms with Crippen LogP contribution in [0.1, 0.15) is 19.0 Å². The molecule has 2 aliphatic rings. The number of ether oxygens (including phenoxy) is 1. The predicted molar refractivity (Wildman–Crippen MR) is 85.7 cm³/mol. The number of fused-ring (bicyclic) bond motifs is 2. The third-order valence-electron chi connectivity index (χ3n) is 4.81. The zero-order chi connectivity index (χ0) is 16.0. The summed E-state index contributed by atoms with van der Waals surface area (Å²) in [6.07, 6.45) is 2.39. The van der Waals surface area contributed by atoms with Crippen LogP contribution < -0.4 is 5.56 Å². The van der Waals surface area contributed by atoms with Gasteiger partial charge in [-0.15, -0.1) is 11.3 Å². The van der Waals surface area contributed by atoms with Crippen molar-refractivity contribution in [1.29, 1.82) is 0 Å². The number of hydrogen-bond donors (Lipinski definition) is 0. The Morgan fingerprint density at radius 2 is 2.26 bits per heavy atom. The van der Waals surface area contributed by atoms with Gasteiger partial charge in [-0.25, -0.2) is 9.78 Å². The highest BCUT2D eigenvalue weighted by molar-refractivity contribution is 7.15. The Hall–Kier alpha value is -1.93. The topological polar surface area (TPSA) is 67.2 Å². The van der Waals surface area contributed by atoms with Gasteiger partial charge in [-0.3, -0.25) is 19.0 Å². The molecular formula is C15H18N4O3S. The van der Waals surface area contributed by atoms with Gasteiger partial charge in [0.2, 0.25) is 0 Å². The molecule has 4 rings (SSSR count). The van der Waals surface area contributed by atoms with Crippen LogP contribution in [-0.2, 0) is 11.3 Å². The van der Waals surface area contributed by atoms with Crippen molar-refractivity contribution in [2.45, 2.75) is 25.4 Å². The highest BCUT2D eigenvalue weighted by Gasteiger charge is 2.49. The maximum Gasteiger partial charge on any atom is 0.410 e. The Bertz CT molecular complexity index is 816. The van der Waals surface area contributed by atoms with Crippen LogP contribution >= 0.6 is 11.3 Å². The molecule has 8 heteroatoms. The lowest BCUT2D eigenvalue weighted by atomic mass is 9.93. The first-order valence-corrected chi connectivity index (χ1v) is 8.62. The lowest BCUT2D eigenvalue weighted by molar-refractivity contribution is 0.0443. The van der Waals surface area contributed by atoms with Gasteiger partial charge in [0.15, 0.2) is 4.96 Å². The van der Waals surface area contributed by atoms with Gasteiger partial charge in [0, 0.05) is 43.8 Å². The molecule has 2 saturated heterocycles. The summed E-state index contributed by atoms with van der Waals surface area (Å²) >= 11 is 1.46. The molecule has 0 spiro atoms. The number of thiazole rings is 1. The number of rotatable bonds is 3. The van der Waals surface area contributed by atoms with E-state index in [9.17, 15) is 9.59 Å². The SMILES string of the molecule is CCC12COC(=O)N1CCN(Cc1cc(=O)n3ccsc3n1)C2. The molecule has 0 saturated carbocycles. The second-order valence-electron chi connectivity index (χ2n) is 6.14. The predicted octanol–water partition coefficient (Wildman–Crippen LogP) is 1.17. The van der Waals surface area contributed by atoms with Crippen LogP contribution in [0, 0.1) is 0 Å². The average Bonchev–Trinajstić information content (AvgIpc) is 3.13. The van der Waals surface area contributed by atoms with Crippen molar-refractivity contribution in [1.82, 2.24) is 19.2 Å². The van der Waals surface area contributed by atoms with Gasteiger partial charge in [-0.2, -0.15) is 0 Å².